The van der Waals surface area contributed by atoms with Crippen molar-refractivity contribution in [3.63, 3.8) is 0 Å². The van der Waals surface area contributed by atoms with Crippen molar-refractivity contribution in [2.75, 3.05) is 0 Å². The fraction of sp³-hybridized carbons (Fsp3) is 0.923. The van der Waals surface area contributed by atoms with E-state index in [2.05, 4.69) is 27.7 Å². The number of rotatable bonds is 9. The number of hydrogen-bond acceptors (Lipinski definition) is 1. The topological polar surface area (TPSA) is 17.1 Å². The predicted molar refractivity (Wildman–Crippen MR) is 71.0 cm³/mol. The highest BCUT2D eigenvalue weighted by Crippen LogP contribution is 2.23. The van der Waals surface area contributed by atoms with Gasteiger partial charge in [-0.05, 0) is 6.42 Å². The molecular formula is C13H28OSi. The third kappa shape index (κ3) is 4.50. The van der Waals surface area contributed by atoms with Gasteiger partial charge in [0.2, 0.25) is 0 Å². The molecule has 0 amide bonds. The smallest absolute Gasteiger partial charge is 0.132 e. The maximum atomic E-state index is 12.2. The molecule has 0 saturated carbocycles. The monoisotopic (exact) mass is 228 g/mol. The quantitative estimate of drug-likeness (QED) is 0.417. The molecule has 0 aliphatic rings. The van der Waals surface area contributed by atoms with Crippen LogP contribution in [-0.2, 0) is 4.79 Å². The van der Waals surface area contributed by atoms with Gasteiger partial charge in [-0.25, -0.2) is 0 Å². The lowest BCUT2D eigenvalue weighted by Gasteiger charge is -2.25. The molecule has 0 aromatic carbocycles. The van der Waals surface area contributed by atoms with Crippen LogP contribution in [0.15, 0.2) is 0 Å². The summed E-state index contributed by atoms with van der Waals surface area (Å²) in [7, 11) is -1.52. The van der Waals surface area contributed by atoms with Crippen LogP contribution in [0.1, 0.15) is 59.8 Å². The standard InChI is InChI=1S/C13H28OSi/c1-5-9-10-11-12-13(14)15(6-2,7-3)8-4/h5-12H2,1-4H3. The first kappa shape index (κ1) is 14.9. The average Bonchev–Trinajstić information content (AvgIpc) is 2.28. The molecule has 0 unspecified atom stereocenters. The summed E-state index contributed by atoms with van der Waals surface area (Å²) in [6, 6.07) is 3.44. The summed E-state index contributed by atoms with van der Waals surface area (Å²) in [6.45, 7) is 8.85. The third-order valence-electron chi connectivity index (χ3n) is 3.88. The van der Waals surface area contributed by atoms with Crippen LogP contribution in [0.3, 0.4) is 0 Å². The minimum absolute atomic E-state index is 0.645. The van der Waals surface area contributed by atoms with E-state index in [0.717, 1.165) is 31.0 Å². The van der Waals surface area contributed by atoms with Gasteiger partial charge in [0.1, 0.15) is 13.5 Å². The lowest BCUT2D eigenvalue weighted by atomic mass is 10.2. The van der Waals surface area contributed by atoms with E-state index in [-0.39, 0.29) is 0 Å². The minimum Gasteiger partial charge on any atom is -0.305 e. The molecule has 2 heteroatoms. The Balaban J connectivity index is 4.04. The van der Waals surface area contributed by atoms with E-state index in [1.165, 1.54) is 19.3 Å². The van der Waals surface area contributed by atoms with Crippen LogP contribution < -0.4 is 0 Å². The summed E-state index contributed by atoms with van der Waals surface area (Å²) in [6.07, 6.45) is 5.77. The lowest BCUT2D eigenvalue weighted by molar-refractivity contribution is -0.113. The molecule has 0 aliphatic heterocycles. The maximum Gasteiger partial charge on any atom is 0.132 e. The van der Waals surface area contributed by atoms with Crippen LogP contribution >= 0.6 is 0 Å². The molecule has 0 N–H and O–H groups in total. The van der Waals surface area contributed by atoms with E-state index in [0.29, 0.717) is 5.41 Å². The second-order valence-electron chi connectivity index (χ2n) is 4.57. The molecule has 0 atom stereocenters. The molecule has 90 valence electrons. The molecule has 15 heavy (non-hydrogen) atoms. The van der Waals surface area contributed by atoms with E-state index in [9.17, 15) is 4.79 Å². The fourth-order valence-electron chi connectivity index (χ4n) is 2.32. The van der Waals surface area contributed by atoms with Crippen molar-refractivity contribution in [1.82, 2.24) is 0 Å². The highest BCUT2D eigenvalue weighted by atomic mass is 28.3. The predicted octanol–water partition coefficient (Wildman–Crippen LogP) is 4.57. The molecule has 0 rings (SSSR count). The van der Waals surface area contributed by atoms with Gasteiger partial charge >= 0.3 is 0 Å². The van der Waals surface area contributed by atoms with Crippen LogP contribution in [0.4, 0.5) is 0 Å². The van der Waals surface area contributed by atoms with Gasteiger partial charge in [0.15, 0.2) is 0 Å². The molecule has 0 bridgehead atoms. The van der Waals surface area contributed by atoms with E-state index in [4.69, 9.17) is 0 Å². The molecule has 0 aromatic heterocycles. The van der Waals surface area contributed by atoms with E-state index < -0.39 is 8.07 Å². The zero-order chi connectivity index (χ0) is 11.7. The Kier molecular flexibility index (Phi) is 8.03. The first-order valence-corrected chi connectivity index (χ1v) is 9.32. The molecule has 0 saturated heterocycles. The Hall–Kier alpha value is -0.113. The number of carbonyl (C=O) groups excluding carboxylic acids is 1. The molecule has 0 radical (unpaired) electrons. The van der Waals surface area contributed by atoms with Crippen molar-refractivity contribution >= 4 is 13.5 Å². The van der Waals surface area contributed by atoms with Gasteiger partial charge in [-0.2, -0.15) is 0 Å². The minimum atomic E-state index is -1.52. The molecule has 0 spiro atoms. The van der Waals surface area contributed by atoms with Crippen molar-refractivity contribution in [3.8, 4) is 0 Å². The summed E-state index contributed by atoms with van der Waals surface area (Å²) < 4.78 is 0. The summed E-state index contributed by atoms with van der Waals surface area (Å²) >= 11 is 0. The first-order chi connectivity index (χ1) is 7.16. The van der Waals surface area contributed by atoms with Gasteiger partial charge in [-0.3, -0.25) is 0 Å². The zero-order valence-electron chi connectivity index (χ0n) is 11.1. The molecule has 0 aliphatic carbocycles. The van der Waals surface area contributed by atoms with Crippen molar-refractivity contribution in [2.24, 2.45) is 0 Å². The Bertz CT molecular complexity index is 165. The first-order valence-electron chi connectivity index (χ1n) is 6.70. The van der Waals surface area contributed by atoms with Crippen LogP contribution in [-0.4, -0.2) is 13.5 Å². The molecular weight excluding hydrogens is 200 g/mol. The number of unbranched alkanes of at least 4 members (excludes halogenated alkanes) is 3. The summed E-state index contributed by atoms with van der Waals surface area (Å²) in [5.74, 6) is 0. The Morgan fingerprint density at radius 1 is 0.867 bits per heavy atom. The van der Waals surface area contributed by atoms with Crippen LogP contribution in [0.5, 0.6) is 0 Å². The second-order valence-corrected chi connectivity index (χ2v) is 9.81. The number of hydrogen-bond donors (Lipinski definition) is 0. The summed E-state index contributed by atoms with van der Waals surface area (Å²) in [5, 5.41) is 0.645. The van der Waals surface area contributed by atoms with Crippen molar-refractivity contribution in [3.05, 3.63) is 0 Å². The van der Waals surface area contributed by atoms with Crippen molar-refractivity contribution in [2.45, 2.75) is 77.9 Å². The van der Waals surface area contributed by atoms with E-state index in [1.54, 1.807) is 0 Å². The van der Waals surface area contributed by atoms with Gasteiger partial charge in [0.05, 0.1) is 0 Å². The number of carbonyl (C=O) groups is 1. The molecule has 0 heterocycles. The van der Waals surface area contributed by atoms with Crippen molar-refractivity contribution in [1.29, 1.82) is 0 Å². The van der Waals surface area contributed by atoms with E-state index in [1.807, 2.05) is 0 Å². The van der Waals surface area contributed by atoms with Crippen LogP contribution in [0, 0.1) is 0 Å². The van der Waals surface area contributed by atoms with Gasteiger partial charge in [-0.15, -0.1) is 0 Å². The fourth-order valence-corrected chi connectivity index (χ4v) is 5.71. The zero-order valence-corrected chi connectivity index (χ0v) is 12.1. The average molecular weight is 228 g/mol. The summed E-state index contributed by atoms with van der Waals surface area (Å²) in [4.78, 5) is 12.2. The van der Waals surface area contributed by atoms with Gasteiger partial charge in [-0.1, -0.05) is 65.1 Å². The van der Waals surface area contributed by atoms with Gasteiger partial charge in [0, 0.05) is 6.42 Å². The Morgan fingerprint density at radius 2 is 1.40 bits per heavy atom. The second kappa shape index (κ2) is 8.09. The molecule has 1 nitrogen and oxygen atoms in total. The molecule has 0 fully saturated rings. The van der Waals surface area contributed by atoms with Crippen LogP contribution in [0.25, 0.3) is 0 Å². The summed E-state index contributed by atoms with van der Waals surface area (Å²) in [5.41, 5.74) is 0. The maximum absolute atomic E-state index is 12.2. The van der Waals surface area contributed by atoms with E-state index >= 15 is 0 Å². The van der Waals surface area contributed by atoms with Gasteiger partial charge < -0.3 is 4.79 Å². The van der Waals surface area contributed by atoms with Gasteiger partial charge in [0.25, 0.3) is 0 Å². The SMILES string of the molecule is CCCCCCC(=O)[Si](CC)(CC)CC. The molecule has 0 aromatic rings. The third-order valence-corrected chi connectivity index (χ3v) is 9.37. The van der Waals surface area contributed by atoms with Crippen molar-refractivity contribution < 1.29 is 4.79 Å². The van der Waals surface area contributed by atoms with Crippen LogP contribution in [0.2, 0.25) is 18.1 Å². The Labute approximate surface area is 96.7 Å². The highest BCUT2D eigenvalue weighted by Gasteiger charge is 2.34. The Morgan fingerprint density at radius 3 is 1.80 bits per heavy atom. The highest BCUT2D eigenvalue weighted by molar-refractivity contribution is 7.05. The largest absolute Gasteiger partial charge is 0.305 e. The lowest BCUT2D eigenvalue weighted by Crippen LogP contribution is -2.41. The normalized spacial score (nSPS) is 11.7.